The van der Waals surface area contributed by atoms with Crippen LogP contribution in [0.15, 0.2) is 42.5 Å². The summed E-state index contributed by atoms with van der Waals surface area (Å²) in [7, 11) is 1.60. The molecule has 3 rings (SSSR count). The van der Waals surface area contributed by atoms with Crippen molar-refractivity contribution in [3.63, 3.8) is 0 Å². The van der Waals surface area contributed by atoms with E-state index in [0.717, 1.165) is 37.4 Å². The highest BCUT2D eigenvalue weighted by Crippen LogP contribution is 2.26. The zero-order valence-corrected chi connectivity index (χ0v) is 16.2. The van der Waals surface area contributed by atoms with E-state index in [4.69, 9.17) is 4.74 Å². The van der Waals surface area contributed by atoms with E-state index in [2.05, 4.69) is 10.2 Å². The maximum absolute atomic E-state index is 12.8. The van der Waals surface area contributed by atoms with Crippen molar-refractivity contribution in [2.45, 2.75) is 19.9 Å². The number of phenols is 1. The van der Waals surface area contributed by atoms with Gasteiger partial charge in [0.25, 0.3) is 5.91 Å². The molecule has 3 N–H and O–H groups in total. The van der Waals surface area contributed by atoms with E-state index in [0.29, 0.717) is 17.2 Å². The second-order valence-corrected chi connectivity index (χ2v) is 7.05. The van der Waals surface area contributed by atoms with Crippen molar-refractivity contribution in [2.75, 3.05) is 43.5 Å². The number of aromatic hydroxyl groups is 1. The number of piperazine rings is 1. The van der Waals surface area contributed by atoms with Crippen molar-refractivity contribution in [3.05, 3.63) is 48.0 Å². The number of carbonyl (C=O) groups excluding carboxylic acids is 1. The molecule has 1 aliphatic rings. The highest BCUT2D eigenvalue weighted by Gasteiger charge is 2.30. The molecule has 0 saturated carbocycles. The van der Waals surface area contributed by atoms with Crippen LogP contribution in [0.5, 0.6) is 11.5 Å². The van der Waals surface area contributed by atoms with Crippen molar-refractivity contribution >= 4 is 17.3 Å². The number of para-hydroxylation sites is 2. The van der Waals surface area contributed by atoms with E-state index < -0.39 is 0 Å². The van der Waals surface area contributed by atoms with Gasteiger partial charge in [-0.3, -0.25) is 4.79 Å². The van der Waals surface area contributed by atoms with Gasteiger partial charge in [-0.2, -0.15) is 0 Å². The molecule has 0 spiro atoms. The third-order valence-electron chi connectivity index (χ3n) is 5.25. The molecule has 1 atom stereocenters. The first kappa shape index (κ1) is 19.0. The zero-order valence-electron chi connectivity index (χ0n) is 16.2. The van der Waals surface area contributed by atoms with Crippen LogP contribution in [0.2, 0.25) is 0 Å². The summed E-state index contributed by atoms with van der Waals surface area (Å²) < 4.78 is 5.35. The molecule has 27 heavy (non-hydrogen) atoms. The Labute approximate surface area is 160 Å². The van der Waals surface area contributed by atoms with Crippen LogP contribution in [0.25, 0.3) is 0 Å². The Kier molecular flexibility index (Phi) is 5.86. The Balaban J connectivity index is 1.61. The molecule has 6 nitrogen and oxygen atoms in total. The summed E-state index contributed by atoms with van der Waals surface area (Å²) in [4.78, 5) is 16.2. The van der Waals surface area contributed by atoms with Gasteiger partial charge in [0.2, 0.25) is 0 Å². The van der Waals surface area contributed by atoms with E-state index >= 15 is 0 Å². The van der Waals surface area contributed by atoms with E-state index in [1.54, 1.807) is 13.2 Å². The van der Waals surface area contributed by atoms with Gasteiger partial charge in [-0.1, -0.05) is 18.2 Å². The molecule has 1 aliphatic heterocycles. The van der Waals surface area contributed by atoms with Crippen LogP contribution in [-0.4, -0.2) is 50.3 Å². The van der Waals surface area contributed by atoms with Crippen LogP contribution < -0.4 is 19.9 Å². The fourth-order valence-electron chi connectivity index (χ4n) is 3.55. The number of nitrogens with one attached hydrogen (secondary N) is 2. The van der Waals surface area contributed by atoms with E-state index in [1.807, 2.05) is 50.2 Å². The van der Waals surface area contributed by atoms with Crippen molar-refractivity contribution < 1.29 is 19.5 Å². The lowest BCUT2D eigenvalue weighted by molar-refractivity contribution is -0.914. The average Bonchev–Trinajstić information content (AvgIpc) is 2.68. The highest BCUT2D eigenvalue weighted by atomic mass is 16.5. The van der Waals surface area contributed by atoms with Gasteiger partial charge in [0.05, 0.1) is 44.7 Å². The number of benzene rings is 2. The summed E-state index contributed by atoms with van der Waals surface area (Å²) in [6.45, 7) is 7.24. The average molecular weight is 370 g/mol. The standard InChI is InChI=1S/C21H27N3O3/c1-15-8-9-20(27-3)17(14-15)22-21(26)16(2)23-10-12-24(13-11-23)18-6-4-5-7-19(18)25/h4-9,14,16,25H,10-13H2,1-3H3,(H,22,26)/p+1/t16-/m0/s1. The number of hydrogen-bond donors (Lipinski definition) is 3. The third kappa shape index (κ3) is 4.34. The maximum Gasteiger partial charge on any atom is 0.282 e. The topological polar surface area (TPSA) is 66.2 Å². The Bertz CT molecular complexity index is 801. The molecule has 6 heteroatoms. The Morgan fingerprint density at radius 1 is 1.22 bits per heavy atom. The predicted octanol–water partition coefficient (Wildman–Crippen LogP) is 1.44. The lowest BCUT2D eigenvalue weighted by Crippen LogP contribution is -3.19. The second kappa shape index (κ2) is 8.31. The number of carbonyl (C=O) groups is 1. The molecule has 0 radical (unpaired) electrons. The normalized spacial score (nSPS) is 16.0. The summed E-state index contributed by atoms with van der Waals surface area (Å²) in [5, 5.41) is 13.1. The van der Waals surface area contributed by atoms with Crippen LogP contribution in [0.3, 0.4) is 0 Å². The number of quaternary nitrogens is 1. The summed E-state index contributed by atoms with van der Waals surface area (Å²) in [6.07, 6.45) is 0. The van der Waals surface area contributed by atoms with Crippen molar-refractivity contribution in [3.8, 4) is 11.5 Å². The molecule has 1 amide bonds. The fourth-order valence-corrected chi connectivity index (χ4v) is 3.55. The fraction of sp³-hybridized carbons (Fsp3) is 0.381. The Morgan fingerprint density at radius 3 is 2.59 bits per heavy atom. The molecular weight excluding hydrogens is 342 g/mol. The van der Waals surface area contributed by atoms with Crippen LogP contribution in [0.1, 0.15) is 12.5 Å². The minimum atomic E-state index is -0.165. The van der Waals surface area contributed by atoms with Gasteiger partial charge in [-0.15, -0.1) is 0 Å². The first-order valence-electron chi connectivity index (χ1n) is 9.32. The van der Waals surface area contributed by atoms with E-state index in [9.17, 15) is 9.90 Å². The van der Waals surface area contributed by atoms with E-state index in [-0.39, 0.29) is 11.9 Å². The number of ether oxygens (including phenoxy) is 1. The summed E-state index contributed by atoms with van der Waals surface area (Å²) >= 11 is 0. The number of aryl methyl sites for hydroxylation is 1. The third-order valence-corrected chi connectivity index (χ3v) is 5.25. The number of nitrogens with zero attached hydrogens (tertiary/aromatic N) is 1. The van der Waals surface area contributed by atoms with Gasteiger partial charge in [-0.25, -0.2) is 0 Å². The molecule has 2 aromatic carbocycles. The molecule has 1 fully saturated rings. The minimum Gasteiger partial charge on any atom is -0.506 e. The monoisotopic (exact) mass is 370 g/mol. The number of amides is 1. The largest absolute Gasteiger partial charge is 0.506 e. The molecule has 144 valence electrons. The number of rotatable bonds is 5. The molecule has 0 aliphatic carbocycles. The van der Waals surface area contributed by atoms with Gasteiger partial charge in [0.1, 0.15) is 11.5 Å². The van der Waals surface area contributed by atoms with Crippen LogP contribution in [0, 0.1) is 6.92 Å². The van der Waals surface area contributed by atoms with Crippen molar-refractivity contribution in [1.29, 1.82) is 0 Å². The van der Waals surface area contributed by atoms with E-state index in [1.165, 1.54) is 4.90 Å². The number of phenolic OH excluding ortho intramolecular Hbond substituents is 1. The van der Waals surface area contributed by atoms with Crippen LogP contribution >= 0.6 is 0 Å². The first-order chi connectivity index (χ1) is 13.0. The molecule has 0 bridgehead atoms. The smallest absolute Gasteiger partial charge is 0.282 e. The quantitative estimate of drug-likeness (QED) is 0.745. The first-order valence-corrected chi connectivity index (χ1v) is 9.32. The zero-order chi connectivity index (χ0) is 19.4. The lowest BCUT2D eigenvalue weighted by atomic mass is 10.1. The second-order valence-electron chi connectivity index (χ2n) is 7.05. The van der Waals surface area contributed by atoms with Gasteiger partial charge >= 0.3 is 0 Å². The number of hydrogen-bond acceptors (Lipinski definition) is 4. The van der Waals surface area contributed by atoms with Gasteiger partial charge in [0.15, 0.2) is 6.04 Å². The van der Waals surface area contributed by atoms with Crippen LogP contribution in [0.4, 0.5) is 11.4 Å². The highest BCUT2D eigenvalue weighted by molar-refractivity contribution is 5.95. The minimum absolute atomic E-state index is 0.00934. The lowest BCUT2D eigenvalue weighted by Gasteiger charge is -2.36. The van der Waals surface area contributed by atoms with Gasteiger partial charge in [-0.05, 0) is 43.7 Å². The molecule has 0 aromatic heterocycles. The molecule has 1 heterocycles. The van der Waals surface area contributed by atoms with Crippen molar-refractivity contribution in [2.24, 2.45) is 0 Å². The van der Waals surface area contributed by atoms with Crippen molar-refractivity contribution in [1.82, 2.24) is 0 Å². The summed E-state index contributed by atoms with van der Waals surface area (Å²) in [5.41, 5.74) is 2.64. The predicted molar refractivity (Wildman–Crippen MR) is 107 cm³/mol. The Hall–Kier alpha value is -2.73. The summed E-state index contributed by atoms with van der Waals surface area (Å²) in [6, 6.07) is 13.0. The SMILES string of the molecule is COc1ccc(C)cc1NC(=O)[C@H](C)[NH+]1CCN(c2ccccc2O)CC1. The summed E-state index contributed by atoms with van der Waals surface area (Å²) in [5.74, 6) is 0.962. The molecule has 2 aromatic rings. The molecule has 1 saturated heterocycles. The van der Waals surface area contributed by atoms with Crippen LogP contribution in [-0.2, 0) is 4.79 Å². The number of methoxy groups -OCH3 is 1. The Morgan fingerprint density at radius 2 is 1.93 bits per heavy atom. The molecule has 0 unspecified atom stereocenters. The van der Waals surface area contributed by atoms with Gasteiger partial charge < -0.3 is 25.0 Å². The van der Waals surface area contributed by atoms with Gasteiger partial charge in [0, 0.05) is 0 Å². The maximum atomic E-state index is 12.8. The number of anilines is 2. The molecular formula is C21H28N3O3+.